The van der Waals surface area contributed by atoms with Gasteiger partial charge in [-0.15, -0.1) is 0 Å². The Morgan fingerprint density at radius 2 is 1.81 bits per heavy atom. The van der Waals surface area contributed by atoms with Gasteiger partial charge in [0, 0.05) is 36.6 Å². The van der Waals surface area contributed by atoms with E-state index >= 15 is 0 Å². The molecule has 36 heavy (non-hydrogen) atoms. The van der Waals surface area contributed by atoms with Crippen LogP contribution in [0.4, 0.5) is 4.79 Å². The molecule has 2 aliphatic heterocycles. The number of benzene rings is 1. The quantitative estimate of drug-likeness (QED) is 0.479. The van der Waals surface area contributed by atoms with E-state index in [1.54, 1.807) is 30.3 Å². The molecular formula is C26H39N4O4SSi. The van der Waals surface area contributed by atoms with Crippen molar-refractivity contribution in [2.24, 2.45) is 5.73 Å². The number of primary amides is 1. The fourth-order valence-corrected chi connectivity index (χ4v) is 9.84. The first-order valence-corrected chi connectivity index (χ1v) is 18.0. The highest BCUT2D eigenvalue weighted by atomic mass is 32.2. The standard InChI is InChI=1S/C26H39N4O4SSi/c1-36(2,26(27)32)17-16-35(33,34)24(21-6-7-23-20(18-21)8-11-28-23)19-25(31)30-14-9-22(10-15-30)29-12-4-3-5-13-29/h6-8,11,18-19,22,24,28H,3-5,9-10,12-17H2,1-2H3,(H2,27,32). The Balaban J connectivity index is 1.49. The smallest absolute Gasteiger partial charge is 0.228 e. The highest BCUT2D eigenvalue weighted by Gasteiger charge is 2.37. The van der Waals surface area contributed by atoms with E-state index in [1.165, 1.54) is 25.7 Å². The summed E-state index contributed by atoms with van der Waals surface area (Å²) in [5.74, 6) is -0.410. The maximum absolute atomic E-state index is 13.6. The van der Waals surface area contributed by atoms with Gasteiger partial charge in [-0.25, -0.2) is 8.42 Å². The van der Waals surface area contributed by atoms with Crippen LogP contribution in [0.25, 0.3) is 10.9 Å². The Bertz CT molecular complexity index is 1180. The van der Waals surface area contributed by atoms with Gasteiger partial charge < -0.3 is 20.5 Å². The molecule has 197 valence electrons. The molecular weight excluding hydrogens is 492 g/mol. The molecule has 2 fully saturated rings. The fraction of sp³-hybridized carbons (Fsp3) is 0.577. The van der Waals surface area contributed by atoms with Gasteiger partial charge >= 0.3 is 0 Å². The van der Waals surface area contributed by atoms with E-state index in [-0.39, 0.29) is 17.7 Å². The van der Waals surface area contributed by atoms with Gasteiger partial charge in [-0.1, -0.05) is 25.6 Å². The molecule has 2 saturated heterocycles. The summed E-state index contributed by atoms with van der Waals surface area (Å²) in [6, 6.07) is 8.07. The van der Waals surface area contributed by atoms with Crippen molar-refractivity contribution >= 4 is 40.3 Å². The highest BCUT2D eigenvalue weighted by molar-refractivity contribution is 7.91. The van der Waals surface area contributed by atoms with Crippen molar-refractivity contribution < 1.29 is 18.0 Å². The first-order valence-electron chi connectivity index (χ1n) is 13.0. The monoisotopic (exact) mass is 531 g/mol. The lowest BCUT2D eigenvalue weighted by atomic mass is 9.99. The number of H-pyrrole nitrogens is 1. The average Bonchev–Trinajstić information content (AvgIpc) is 3.34. The number of piperidine rings is 2. The normalized spacial score (nSPS) is 19.4. The molecule has 1 aromatic carbocycles. The van der Waals surface area contributed by atoms with Crippen LogP contribution in [-0.2, 0) is 14.6 Å². The lowest BCUT2D eigenvalue weighted by molar-refractivity contribution is -0.129. The Kier molecular flexibility index (Phi) is 8.26. The third-order valence-corrected chi connectivity index (χ3v) is 13.1. The first kappa shape index (κ1) is 26.9. The van der Waals surface area contributed by atoms with Gasteiger partial charge in [0.05, 0.1) is 11.7 Å². The SMILES string of the molecule is C[Si](C)(CCS(=O)(=O)C([CH]C(=O)N1CCC(N2CCCCC2)CC1)c1ccc2[nH]ccc2c1)C(N)=O. The minimum Gasteiger partial charge on any atom is -0.374 e. The van der Waals surface area contributed by atoms with E-state index in [4.69, 9.17) is 5.73 Å². The number of nitrogens with two attached hydrogens (primary N) is 1. The van der Waals surface area contributed by atoms with E-state index in [0.717, 1.165) is 36.8 Å². The lowest BCUT2D eigenvalue weighted by Crippen LogP contribution is -2.48. The Hall–Kier alpha value is -2.17. The molecule has 3 heterocycles. The zero-order chi connectivity index (χ0) is 25.9. The molecule has 0 saturated carbocycles. The van der Waals surface area contributed by atoms with Crippen LogP contribution in [0.1, 0.15) is 42.9 Å². The van der Waals surface area contributed by atoms with Crippen molar-refractivity contribution in [3.63, 3.8) is 0 Å². The van der Waals surface area contributed by atoms with Crippen LogP contribution < -0.4 is 5.73 Å². The topological polar surface area (TPSA) is 117 Å². The van der Waals surface area contributed by atoms with Crippen molar-refractivity contribution in [1.82, 2.24) is 14.8 Å². The van der Waals surface area contributed by atoms with E-state index in [1.807, 2.05) is 18.2 Å². The van der Waals surface area contributed by atoms with Gasteiger partial charge in [-0.3, -0.25) is 9.59 Å². The summed E-state index contributed by atoms with van der Waals surface area (Å²) in [6.45, 7) is 7.12. The van der Waals surface area contributed by atoms with Crippen LogP contribution in [0.3, 0.4) is 0 Å². The molecule has 8 nitrogen and oxygen atoms in total. The number of rotatable bonds is 9. The number of hydrogen-bond donors (Lipinski definition) is 2. The molecule has 0 bridgehead atoms. The predicted molar refractivity (Wildman–Crippen MR) is 146 cm³/mol. The summed E-state index contributed by atoms with van der Waals surface area (Å²) in [6.07, 6.45) is 8.81. The Labute approximate surface area is 215 Å². The van der Waals surface area contributed by atoms with Crippen LogP contribution in [-0.4, -0.2) is 80.7 Å². The van der Waals surface area contributed by atoms with Gasteiger partial charge in [0.25, 0.3) is 0 Å². The molecule has 2 amide bonds. The number of sulfone groups is 1. The van der Waals surface area contributed by atoms with E-state index in [9.17, 15) is 18.0 Å². The first-order chi connectivity index (χ1) is 17.1. The summed E-state index contributed by atoms with van der Waals surface area (Å²) in [7, 11) is -6.28. The predicted octanol–water partition coefficient (Wildman–Crippen LogP) is 3.67. The summed E-state index contributed by atoms with van der Waals surface area (Å²) in [5, 5.41) is -0.176. The summed E-state index contributed by atoms with van der Waals surface area (Å²) < 4.78 is 27.2. The number of likely N-dealkylation sites (tertiary alicyclic amines) is 2. The zero-order valence-corrected chi connectivity index (χ0v) is 23.2. The van der Waals surface area contributed by atoms with Gasteiger partial charge in [0.1, 0.15) is 0 Å². The van der Waals surface area contributed by atoms with Crippen molar-refractivity contribution in [2.45, 2.75) is 62.5 Å². The number of fused-ring (bicyclic) bond motifs is 1. The van der Waals surface area contributed by atoms with Crippen LogP contribution >= 0.6 is 0 Å². The van der Waals surface area contributed by atoms with Crippen molar-refractivity contribution in [2.75, 3.05) is 31.9 Å². The molecule has 2 aromatic rings. The number of nitrogens with one attached hydrogen (secondary N) is 1. The number of hydrogen-bond acceptors (Lipinski definition) is 5. The Morgan fingerprint density at radius 1 is 1.11 bits per heavy atom. The number of aromatic nitrogens is 1. The Morgan fingerprint density at radius 3 is 2.47 bits per heavy atom. The van der Waals surface area contributed by atoms with Gasteiger partial charge in [-0.2, -0.15) is 0 Å². The van der Waals surface area contributed by atoms with Gasteiger partial charge in [0.15, 0.2) is 23.4 Å². The average molecular weight is 532 g/mol. The minimum absolute atomic E-state index is 0.175. The third-order valence-electron chi connectivity index (χ3n) is 7.95. The van der Waals surface area contributed by atoms with E-state index in [2.05, 4.69) is 9.88 Å². The maximum Gasteiger partial charge on any atom is 0.228 e. The van der Waals surface area contributed by atoms with Crippen molar-refractivity contribution in [1.29, 1.82) is 0 Å². The van der Waals surface area contributed by atoms with Crippen molar-refractivity contribution in [3.05, 3.63) is 42.4 Å². The molecule has 1 aromatic heterocycles. The highest BCUT2D eigenvalue weighted by Crippen LogP contribution is 2.32. The molecule has 4 rings (SSSR count). The number of aromatic amines is 1. The number of carbonyl (C=O) groups is 2. The molecule has 3 N–H and O–H groups in total. The molecule has 0 aliphatic carbocycles. The summed E-state index contributed by atoms with van der Waals surface area (Å²) in [5.41, 5.74) is 6.60. The summed E-state index contributed by atoms with van der Waals surface area (Å²) >= 11 is 0. The number of carbonyl (C=O) groups excluding carboxylic acids is 2. The van der Waals surface area contributed by atoms with Crippen LogP contribution in [0.5, 0.6) is 0 Å². The van der Waals surface area contributed by atoms with E-state index < -0.39 is 28.7 Å². The number of nitrogens with zero attached hydrogens (tertiary/aromatic N) is 2. The maximum atomic E-state index is 13.6. The summed E-state index contributed by atoms with van der Waals surface area (Å²) in [4.78, 5) is 32.7. The van der Waals surface area contributed by atoms with Gasteiger partial charge in [-0.05, 0) is 74.0 Å². The molecule has 1 unspecified atom stereocenters. The zero-order valence-electron chi connectivity index (χ0n) is 21.4. The van der Waals surface area contributed by atoms with Crippen molar-refractivity contribution in [3.8, 4) is 0 Å². The molecule has 1 atom stereocenters. The van der Waals surface area contributed by atoms with Gasteiger partial charge in [0.2, 0.25) is 5.91 Å². The van der Waals surface area contributed by atoms with E-state index in [0.29, 0.717) is 24.7 Å². The molecule has 1 radical (unpaired) electrons. The van der Waals surface area contributed by atoms with Crippen LogP contribution in [0.2, 0.25) is 19.1 Å². The number of amides is 2. The van der Waals surface area contributed by atoms with Crippen LogP contribution in [0.15, 0.2) is 30.5 Å². The molecule has 10 heteroatoms. The second-order valence-corrected chi connectivity index (χ2v) is 17.9. The van der Waals surface area contributed by atoms with Crippen LogP contribution in [0, 0.1) is 6.42 Å². The largest absolute Gasteiger partial charge is 0.374 e. The molecule has 0 spiro atoms. The fourth-order valence-electron chi connectivity index (χ4n) is 5.27. The second kappa shape index (κ2) is 11.1. The third kappa shape index (κ3) is 6.20. The lowest BCUT2D eigenvalue weighted by Gasteiger charge is -2.40. The molecule has 2 aliphatic rings. The minimum atomic E-state index is -3.75. The second-order valence-electron chi connectivity index (χ2n) is 10.9.